The molecule has 0 saturated heterocycles. The first kappa shape index (κ1) is 28.4. The number of ketones is 1. The average Bonchev–Trinajstić information content (AvgIpc) is 2.81. The molecule has 1 amide bonds. The van der Waals surface area contributed by atoms with E-state index in [-0.39, 0.29) is 22.7 Å². The number of hydrogen-bond donors (Lipinski definition) is 2. The van der Waals surface area contributed by atoms with Gasteiger partial charge in [0.2, 0.25) is 0 Å². The highest BCUT2D eigenvalue weighted by Crippen LogP contribution is 2.27. The van der Waals surface area contributed by atoms with Gasteiger partial charge in [0, 0.05) is 18.2 Å². The highest BCUT2D eigenvalue weighted by molar-refractivity contribution is 6.12. The van der Waals surface area contributed by atoms with Gasteiger partial charge in [-0.3, -0.25) is 10.1 Å². The molecule has 1 aromatic heterocycles. The van der Waals surface area contributed by atoms with Crippen LogP contribution in [0.15, 0.2) is 57.4 Å². The van der Waals surface area contributed by atoms with E-state index in [9.17, 15) is 19.5 Å². The van der Waals surface area contributed by atoms with Crippen LogP contribution in [-0.2, 0) is 4.74 Å². The van der Waals surface area contributed by atoms with Crippen LogP contribution < -0.4 is 15.7 Å². The molecule has 1 unspecified atom stereocenters. The van der Waals surface area contributed by atoms with Gasteiger partial charge >= 0.3 is 11.7 Å². The van der Waals surface area contributed by atoms with E-state index in [1.807, 2.05) is 31.2 Å². The second-order valence-electron chi connectivity index (χ2n) is 9.79. The lowest BCUT2D eigenvalue weighted by Gasteiger charge is -2.19. The van der Waals surface area contributed by atoms with Crippen molar-refractivity contribution in [3.8, 4) is 11.5 Å². The Kier molecular flexibility index (Phi) is 10.1. The number of methoxy groups -OCH3 is 1. The summed E-state index contributed by atoms with van der Waals surface area (Å²) in [6.45, 7) is 10.2. The van der Waals surface area contributed by atoms with E-state index in [4.69, 9.17) is 9.15 Å². The summed E-state index contributed by atoms with van der Waals surface area (Å²) in [5.74, 6) is -0.290. The Balaban J connectivity index is 2.13. The number of alkyl carbamates (subject to hydrolysis) is 1. The SMILES string of the molecule is COC(=O)N/C=C/CCC(C)c1cc(O)c(C(=O)/C(C)=C/c2cccc(OCC(C)(C)C)c2)c(=O)o1. The van der Waals surface area contributed by atoms with E-state index >= 15 is 0 Å². The molecule has 2 rings (SSSR count). The van der Waals surface area contributed by atoms with Gasteiger partial charge in [-0.15, -0.1) is 0 Å². The third-order valence-corrected chi connectivity index (χ3v) is 5.20. The first-order chi connectivity index (χ1) is 16.9. The zero-order valence-electron chi connectivity index (χ0n) is 21.7. The fourth-order valence-electron chi connectivity index (χ4n) is 3.22. The Hall–Kier alpha value is -3.81. The third kappa shape index (κ3) is 8.76. The minimum Gasteiger partial charge on any atom is -0.507 e. The average molecular weight is 498 g/mol. The van der Waals surface area contributed by atoms with E-state index in [0.717, 1.165) is 5.56 Å². The Morgan fingerprint density at radius 1 is 1.22 bits per heavy atom. The number of carbonyl (C=O) groups excluding carboxylic acids is 2. The lowest BCUT2D eigenvalue weighted by Crippen LogP contribution is -2.17. The molecule has 1 heterocycles. The van der Waals surface area contributed by atoms with Gasteiger partial charge in [0.25, 0.3) is 0 Å². The maximum atomic E-state index is 13.0. The molecule has 0 aliphatic carbocycles. The maximum Gasteiger partial charge on any atom is 0.410 e. The molecule has 0 radical (unpaired) electrons. The number of allylic oxidation sites excluding steroid dienone is 2. The van der Waals surface area contributed by atoms with Gasteiger partial charge < -0.3 is 19.0 Å². The molecule has 194 valence electrons. The number of nitrogens with one attached hydrogen (secondary N) is 1. The van der Waals surface area contributed by atoms with Crippen LogP contribution in [0.5, 0.6) is 11.5 Å². The van der Waals surface area contributed by atoms with Gasteiger partial charge in [0.15, 0.2) is 5.78 Å². The Morgan fingerprint density at radius 3 is 2.58 bits per heavy atom. The number of ether oxygens (including phenoxy) is 2. The van der Waals surface area contributed by atoms with E-state index in [1.165, 1.54) is 19.4 Å². The molecule has 0 bridgehead atoms. The lowest BCUT2D eigenvalue weighted by atomic mass is 9.98. The van der Waals surface area contributed by atoms with Gasteiger partial charge in [-0.1, -0.05) is 45.9 Å². The summed E-state index contributed by atoms with van der Waals surface area (Å²) in [6.07, 6.45) is 5.44. The predicted molar refractivity (Wildman–Crippen MR) is 138 cm³/mol. The van der Waals surface area contributed by atoms with Crippen molar-refractivity contribution >= 4 is 18.0 Å². The molecule has 0 aliphatic heterocycles. The van der Waals surface area contributed by atoms with E-state index < -0.39 is 28.8 Å². The van der Waals surface area contributed by atoms with Crippen molar-refractivity contribution in [1.82, 2.24) is 5.32 Å². The highest BCUT2D eigenvalue weighted by atomic mass is 16.5. The van der Waals surface area contributed by atoms with Gasteiger partial charge in [0.05, 0.1) is 13.7 Å². The van der Waals surface area contributed by atoms with E-state index in [2.05, 4.69) is 30.8 Å². The van der Waals surface area contributed by atoms with Crippen LogP contribution in [0.3, 0.4) is 0 Å². The first-order valence-corrected chi connectivity index (χ1v) is 11.7. The van der Waals surface area contributed by atoms with Gasteiger partial charge in [-0.05, 0) is 54.5 Å². The number of amides is 1. The van der Waals surface area contributed by atoms with Crippen molar-refractivity contribution in [2.45, 2.75) is 53.4 Å². The Labute approximate surface area is 211 Å². The monoisotopic (exact) mass is 497 g/mol. The molecule has 1 aromatic carbocycles. The minimum atomic E-state index is -0.889. The highest BCUT2D eigenvalue weighted by Gasteiger charge is 2.22. The fraction of sp³-hybridized carbons (Fsp3) is 0.393. The van der Waals surface area contributed by atoms with Crippen molar-refractivity contribution in [3.05, 3.63) is 75.5 Å². The van der Waals surface area contributed by atoms with E-state index in [1.54, 1.807) is 19.1 Å². The number of hydrogen-bond acceptors (Lipinski definition) is 7. The standard InChI is InChI=1S/C28H35NO7/c1-18(10-7-8-13-29-27(33)34-6)23-16-22(30)24(26(32)36-23)25(31)19(2)14-20-11-9-12-21(15-20)35-17-28(3,4)5/h8-9,11-16,18,30H,7,10,17H2,1-6H3,(H,29,33)/b13-8+,19-14+. The number of rotatable bonds is 10. The predicted octanol–water partition coefficient (Wildman–Crippen LogP) is 5.81. The van der Waals surface area contributed by atoms with Gasteiger partial charge in [0.1, 0.15) is 22.8 Å². The normalized spacial score (nSPS) is 12.9. The first-order valence-electron chi connectivity index (χ1n) is 11.7. The molecule has 2 aromatic rings. The van der Waals surface area contributed by atoms with Crippen molar-refractivity contribution in [3.63, 3.8) is 0 Å². The molecule has 0 fully saturated rings. The largest absolute Gasteiger partial charge is 0.507 e. The summed E-state index contributed by atoms with van der Waals surface area (Å²) >= 11 is 0. The van der Waals surface area contributed by atoms with Gasteiger partial charge in [-0.25, -0.2) is 9.59 Å². The van der Waals surface area contributed by atoms with Crippen LogP contribution in [0.4, 0.5) is 4.79 Å². The van der Waals surface area contributed by atoms with Crippen LogP contribution >= 0.6 is 0 Å². The van der Waals surface area contributed by atoms with Gasteiger partial charge in [-0.2, -0.15) is 0 Å². The van der Waals surface area contributed by atoms with Crippen LogP contribution in [0, 0.1) is 5.41 Å². The summed E-state index contributed by atoms with van der Waals surface area (Å²) in [6, 6.07) is 8.61. The third-order valence-electron chi connectivity index (χ3n) is 5.20. The van der Waals surface area contributed by atoms with Crippen LogP contribution in [0.25, 0.3) is 6.08 Å². The fourth-order valence-corrected chi connectivity index (χ4v) is 3.22. The Morgan fingerprint density at radius 2 is 1.94 bits per heavy atom. The summed E-state index contributed by atoms with van der Waals surface area (Å²) in [4.78, 5) is 36.6. The summed E-state index contributed by atoms with van der Waals surface area (Å²) in [7, 11) is 1.27. The van der Waals surface area contributed by atoms with Crippen molar-refractivity contribution < 1.29 is 28.6 Å². The van der Waals surface area contributed by atoms with Crippen LogP contribution in [0.2, 0.25) is 0 Å². The Bertz CT molecular complexity index is 1190. The van der Waals surface area contributed by atoms with Crippen molar-refractivity contribution in [2.24, 2.45) is 5.41 Å². The zero-order chi connectivity index (χ0) is 26.9. The van der Waals surface area contributed by atoms with Crippen LogP contribution in [-0.4, -0.2) is 30.7 Å². The molecule has 8 heteroatoms. The smallest absolute Gasteiger partial charge is 0.410 e. The van der Waals surface area contributed by atoms with E-state index in [0.29, 0.717) is 25.2 Å². The summed E-state index contributed by atoms with van der Waals surface area (Å²) < 4.78 is 15.7. The molecule has 0 saturated carbocycles. The summed E-state index contributed by atoms with van der Waals surface area (Å²) in [5.41, 5.74) is -0.279. The molecular weight excluding hydrogens is 462 g/mol. The quantitative estimate of drug-likeness (QED) is 0.314. The molecule has 36 heavy (non-hydrogen) atoms. The maximum absolute atomic E-state index is 13.0. The molecule has 0 spiro atoms. The summed E-state index contributed by atoms with van der Waals surface area (Å²) in [5, 5.41) is 12.9. The molecular formula is C28H35NO7. The number of benzene rings is 1. The molecule has 2 N–H and O–H groups in total. The number of Topliss-reactive ketones (excluding diaryl/α,β-unsaturated/α-hetero) is 1. The second-order valence-corrected chi connectivity index (χ2v) is 9.79. The molecule has 1 atom stereocenters. The lowest BCUT2D eigenvalue weighted by molar-refractivity contribution is 0.102. The molecule has 0 aliphatic rings. The topological polar surface area (TPSA) is 115 Å². The van der Waals surface area contributed by atoms with Crippen LogP contribution in [0.1, 0.15) is 75.1 Å². The van der Waals surface area contributed by atoms with Crippen molar-refractivity contribution in [1.29, 1.82) is 0 Å². The zero-order valence-corrected chi connectivity index (χ0v) is 21.7. The molecule has 8 nitrogen and oxygen atoms in total. The number of aromatic hydroxyl groups is 1. The second kappa shape index (κ2) is 12.8. The number of carbonyl (C=O) groups is 2. The minimum absolute atomic E-state index is 0.00531. The van der Waals surface area contributed by atoms with Crippen molar-refractivity contribution in [2.75, 3.05) is 13.7 Å².